The van der Waals surface area contributed by atoms with E-state index in [0.717, 1.165) is 24.3 Å². The van der Waals surface area contributed by atoms with Gasteiger partial charge in [-0.2, -0.15) is 0 Å². The van der Waals surface area contributed by atoms with Gasteiger partial charge < -0.3 is 10.4 Å². The van der Waals surface area contributed by atoms with Gasteiger partial charge in [0.25, 0.3) is 0 Å². The first-order chi connectivity index (χ1) is 9.47. The van der Waals surface area contributed by atoms with E-state index in [1.54, 1.807) is 0 Å². The SMILES string of the molecule is O=C(O)c1ccc(NCc2ccc(F)cc2F)cc1F. The lowest BCUT2D eigenvalue weighted by molar-refractivity contribution is 0.0692. The second kappa shape index (κ2) is 5.64. The number of nitrogens with one attached hydrogen (secondary N) is 1. The van der Waals surface area contributed by atoms with Crippen LogP contribution in [0.3, 0.4) is 0 Å². The van der Waals surface area contributed by atoms with Crippen molar-refractivity contribution in [3.63, 3.8) is 0 Å². The van der Waals surface area contributed by atoms with Crippen LogP contribution < -0.4 is 5.32 Å². The fourth-order valence-electron chi connectivity index (χ4n) is 1.66. The van der Waals surface area contributed by atoms with E-state index in [1.807, 2.05) is 0 Å². The Labute approximate surface area is 112 Å². The molecule has 0 aliphatic heterocycles. The maximum Gasteiger partial charge on any atom is 0.338 e. The molecule has 20 heavy (non-hydrogen) atoms. The topological polar surface area (TPSA) is 49.3 Å². The average molecular weight is 281 g/mol. The number of aromatic carboxylic acids is 1. The standard InChI is InChI=1S/C14H10F3NO2/c15-9-2-1-8(12(16)5-9)7-18-10-3-4-11(14(19)20)13(17)6-10/h1-6,18H,7H2,(H,19,20). The van der Waals surface area contributed by atoms with E-state index in [-0.39, 0.29) is 12.1 Å². The molecular formula is C14H10F3NO2. The average Bonchev–Trinajstić information content (AvgIpc) is 2.37. The van der Waals surface area contributed by atoms with Gasteiger partial charge in [0.05, 0.1) is 5.56 Å². The summed E-state index contributed by atoms with van der Waals surface area (Å²) in [6, 6.07) is 6.64. The number of benzene rings is 2. The van der Waals surface area contributed by atoms with Gasteiger partial charge in [-0.15, -0.1) is 0 Å². The van der Waals surface area contributed by atoms with E-state index in [9.17, 15) is 18.0 Å². The van der Waals surface area contributed by atoms with Crippen molar-refractivity contribution < 1.29 is 23.1 Å². The van der Waals surface area contributed by atoms with Crippen LogP contribution in [0.25, 0.3) is 0 Å². The van der Waals surface area contributed by atoms with Gasteiger partial charge in [-0.1, -0.05) is 6.07 Å². The van der Waals surface area contributed by atoms with E-state index in [2.05, 4.69) is 5.32 Å². The number of carbonyl (C=O) groups is 1. The van der Waals surface area contributed by atoms with Crippen molar-refractivity contribution in [3.8, 4) is 0 Å². The van der Waals surface area contributed by atoms with Crippen LogP contribution in [0.15, 0.2) is 36.4 Å². The Bertz CT molecular complexity index is 659. The lowest BCUT2D eigenvalue weighted by atomic mass is 10.1. The van der Waals surface area contributed by atoms with Crippen molar-refractivity contribution in [3.05, 3.63) is 65.0 Å². The molecule has 2 aromatic carbocycles. The molecule has 3 nitrogen and oxygen atoms in total. The second-order valence-corrected chi connectivity index (χ2v) is 4.09. The highest BCUT2D eigenvalue weighted by Gasteiger charge is 2.10. The first-order valence-corrected chi connectivity index (χ1v) is 5.68. The molecule has 0 heterocycles. The lowest BCUT2D eigenvalue weighted by Crippen LogP contribution is -2.05. The molecule has 0 unspecified atom stereocenters. The van der Waals surface area contributed by atoms with Crippen molar-refractivity contribution in [2.24, 2.45) is 0 Å². The Balaban J connectivity index is 2.11. The highest BCUT2D eigenvalue weighted by atomic mass is 19.1. The minimum Gasteiger partial charge on any atom is -0.478 e. The third kappa shape index (κ3) is 3.09. The summed E-state index contributed by atoms with van der Waals surface area (Å²) in [5.74, 6) is -3.64. The molecule has 0 saturated heterocycles. The molecule has 0 spiro atoms. The summed E-state index contributed by atoms with van der Waals surface area (Å²) < 4.78 is 39.5. The number of hydrogen-bond acceptors (Lipinski definition) is 2. The summed E-state index contributed by atoms with van der Waals surface area (Å²) in [7, 11) is 0. The minimum atomic E-state index is -1.36. The summed E-state index contributed by atoms with van der Waals surface area (Å²) in [4.78, 5) is 10.6. The maximum atomic E-state index is 13.4. The van der Waals surface area contributed by atoms with E-state index < -0.39 is 29.0 Å². The van der Waals surface area contributed by atoms with Crippen LogP contribution in [-0.2, 0) is 6.54 Å². The van der Waals surface area contributed by atoms with Gasteiger partial charge in [-0.3, -0.25) is 0 Å². The third-order valence-corrected chi connectivity index (χ3v) is 2.70. The molecule has 0 fully saturated rings. The zero-order chi connectivity index (χ0) is 14.7. The van der Waals surface area contributed by atoms with Crippen molar-refractivity contribution in [1.29, 1.82) is 0 Å². The van der Waals surface area contributed by atoms with Gasteiger partial charge in [0.1, 0.15) is 17.5 Å². The summed E-state index contributed by atoms with van der Waals surface area (Å²) in [6.07, 6.45) is 0. The summed E-state index contributed by atoms with van der Waals surface area (Å²) >= 11 is 0. The number of halogens is 3. The predicted octanol–water partition coefficient (Wildman–Crippen LogP) is 3.41. The Morgan fingerprint density at radius 1 is 1.05 bits per heavy atom. The van der Waals surface area contributed by atoms with Crippen molar-refractivity contribution in [1.82, 2.24) is 0 Å². The molecule has 2 rings (SSSR count). The number of hydrogen-bond donors (Lipinski definition) is 2. The zero-order valence-electron chi connectivity index (χ0n) is 10.2. The molecule has 2 N–H and O–H groups in total. The van der Waals surface area contributed by atoms with Crippen LogP contribution in [0.4, 0.5) is 18.9 Å². The number of rotatable bonds is 4. The third-order valence-electron chi connectivity index (χ3n) is 2.70. The fraction of sp³-hybridized carbons (Fsp3) is 0.0714. The lowest BCUT2D eigenvalue weighted by Gasteiger charge is -2.08. The van der Waals surface area contributed by atoms with Gasteiger partial charge in [-0.25, -0.2) is 18.0 Å². The fourth-order valence-corrected chi connectivity index (χ4v) is 1.66. The van der Waals surface area contributed by atoms with E-state index in [4.69, 9.17) is 5.11 Å². The second-order valence-electron chi connectivity index (χ2n) is 4.09. The van der Waals surface area contributed by atoms with Crippen LogP contribution in [0.2, 0.25) is 0 Å². The highest BCUT2D eigenvalue weighted by molar-refractivity contribution is 5.88. The zero-order valence-corrected chi connectivity index (χ0v) is 10.2. The Kier molecular flexibility index (Phi) is 3.93. The Morgan fingerprint density at radius 2 is 1.80 bits per heavy atom. The molecule has 2 aromatic rings. The first kappa shape index (κ1) is 13.9. The minimum absolute atomic E-state index is 0.0258. The van der Waals surface area contributed by atoms with Gasteiger partial charge in [-0.05, 0) is 24.3 Å². The maximum absolute atomic E-state index is 13.4. The van der Waals surface area contributed by atoms with Crippen LogP contribution >= 0.6 is 0 Å². The summed E-state index contributed by atoms with van der Waals surface area (Å²) in [5.41, 5.74) is 0.0776. The Hall–Kier alpha value is -2.50. The first-order valence-electron chi connectivity index (χ1n) is 5.68. The molecule has 0 aromatic heterocycles. The number of anilines is 1. The van der Waals surface area contributed by atoms with Crippen molar-refractivity contribution >= 4 is 11.7 Å². The van der Waals surface area contributed by atoms with Crippen molar-refractivity contribution in [2.45, 2.75) is 6.54 Å². The smallest absolute Gasteiger partial charge is 0.338 e. The van der Waals surface area contributed by atoms with Gasteiger partial charge in [0.2, 0.25) is 0 Å². The molecular weight excluding hydrogens is 271 g/mol. The largest absolute Gasteiger partial charge is 0.478 e. The van der Waals surface area contributed by atoms with Gasteiger partial charge in [0.15, 0.2) is 0 Å². The van der Waals surface area contributed by atoms with E-state index >= 15 is 0 Å². The molecule has 0 bridgehead atoms. The monoisotopic (exact) mass is 281 g/mol. The molecule has 0 atom stereocenters. The molecule has 0 radical (unpaired) electrons. The van der Waals surface area contributed by atoms with E-state index in [0.29, 0.717) is 5.69 Å². The van der Waals surface area contributed by atoms with Crippen LogP contribution in [0.1, 0.15) is 15.9 Å². The van der Waals surface area contributed by atoms with Crippen LogP contribution in [-0.4, -0.2) is 11.1 Å². The van der Waals surface area contributed by atoms with Crippen molar-refractivity contribution in [2.75, 3.05) is 5.32 Å². The molecule has 0 saturated carbocycles. The number of carboxylic acid groups (broad SMARTS) is 1. The molecule has 0 aliphatic carbocycles. The van der Waals surface area contributed by atoms with Crippen LogP contribution in [0, 0.1) is 17.5 Å². The predicted molar refractivity (Wildman–Crippen MR) is 67.0 cm³/mol. The highest BCUT2D eigenvalue weighted by Crippen LogP contribution is 2.17. The summed E-state index contributed by atoms with van der Waals surface area (Å²) in [5, 5.41) is 11.4. The molecule has 0 aliphatic rings. The van der Waals surface area contributed by atoms with Gasteiger partial charge in [0, 0.05) is 23.9 Å². The number of carboxylic acids is 1. The van der Waals surface area contributed by atoms with Crippen LogP contribution in [0.5, 0.6) is 0 Å². The van der Waals surface area contributed by atoms with E-state index in [1.165, 1.54) is 12.1 Å². The molecule has 104 valence electrons. The van der Waals surface area contributed by atoms with Gasteiger partial charge >= 0.3 is 5.97 Å². The normalized spacial score (nSPS) is 10.3. The summed E-state index contributed by atoms with van der Waals surface area (Å²) in [6.45, 7) is 0.0258. The molecule has 0 amide bonds. The quantitative estimate of drug-likeness (QED) is 0.902. The Morgan fingerprint density at radius 3 is 2.40 bits per heavy atom. The molecule has 6 heteroatoms.